The standard InChI is InChI=1S/C15H14F2N2O3S/c1-19(15(20)10-3-8-13(16)14(17)9-10)12-6-4-11(5-7-12)18-23(2,21)22/h3-9,18H,1-2H3. The van der Waals surface area contributed by atoms with Gasteiger partial charge in [0.05, 0.1) is 6.26 Å². The van der Waals surface area contributed by atoms with Crippen LogP contribution in [0.1, 0.15) is 10.4 Å². The van der Waals surface area contributed by atoms with Gasteiger partial charge in [0.2, 0.25) is 10.0 Å². The molecule has 0 aliphatic carbocycles. The van der Waals surface area contributed by atoms with Crippen molar-refractivity contribution in [1.29, 1.82) is 0 Å². The zero-order chi connectivity index (χ0) is 17.2. The monoisotopic (exact) mass is 340 g/mol. The van der Waals surface area contributed by atoms with Gasteiger partial charge < -0.3 is 4.90 Å². The number of nitrogens with one attached hydrogen (secondary N) is 1. The quantitative estimate of drug-likeness (QED) is 0.930. The Morgan fingerprint density at radius 1 is 1.04 bits per heavy atom. The number of amides is 1. The Balaban J connectivity index is 2.20. The van der Waals surface area contributed by atoms with Gasteiger partial charge in [-0.3, -0.25) is 9.52 Å². The van der Waals surface area contributed by atoms with Gasteiger partial charge in [0.1, 0.15) is 0 Å². The van der Waals surface area contributed by atoms with Crippen molar-refractivity contribution in [2.24, 2.45) is 0 Å². The summed E-state index contributed by atoms with van der Waals surface area (Å²) >= 11 is 0. The molecular weight excluding hydrogens is 326 g/mol. The van der Waals surface area contributed by atoms with Gasteiger partial charge in [-0.25, -0.2) is 17.2 Å². The highest BCUT2D eigenvalue weighted by Gasteiger charge is 2.15. The summed E-state index contributed by atoms with van der Waals surface area (Å²) in [6, 6.07) is 8.95. The number of carbonyl (C=O) groups excluding carboxylic acids is 1. The van der Waals surface area contributed by atoms with E-state index in [1.165, 1.54) is 42.3 Å². The molecule has 1 N–H and O–H groups in total. The second kappa shape index (κ2) is 6.33. The molecule has 1 amide bonds. The van der Waals surface area contributed by atoms with Crippen LogP contribution < -0.4 is 9.62 Å². The van der Waals surface area contributed by atoms with Crippen LogP contribution in [0, 0.1) is 11.6 Å². The van der Waals surface area contributed by atoms with E-state index in [1.54, 1.807) is 0 Å². The van der Waals surface area contributed by atoms with E-state index >= 15 is 0 Å². The normalized spacial score (nSPS) is 11.1. The van der Waals surface area contributed by atoms with Crippen molar-refractivity contribution in [3.05, 3.63) is 59.7 Å². The van der Waals surface area contributed by atoms with E-state index in [-0.39, 0.29) is 5.56 Å². The van der Waals surface area contributed by atoms with E-state index in [1.807, 2.05) is 0 Å². The number of anilines is 2. The lowest BCUT2D eigenvalue weighted by atomic mass is 10.1. The Morgan fingerprint density at radius 2 is 1.65 bits per heavy atom. The largest absolute Gasteiger partial charge is 0.311 e. The molecule has 0 aliphatic rings. The number of hydrogen-bond acceptors (Lipinski definition) is 3. The summed E-state index contributed by atoms with van der Waals surface area (Å²) in [5.74, 6) is -2.65. The van der Waals surface area contributed by atoms with Gasteiger partial charge in [0.15, 0.2) is 11.6 Å². The van der Waals surface area contributed by atoms with Gasteiger partial charge in [-0.2, -0.15) is 0 Å². The highest BCUT2D eigenvalue weighted by atomic mass is 32.2. The average molecular weight is 340 g/mol. The van der Waals surface area contributed by atoms with Crippen LogP contribution in [0.3, 0.4) is 0 Å². The van der Waals surface area contributed by atoms with Crippen LogP contribution in [0.15, 0.2) is 42.5 Å². The molecule has 0 spiro atoms. The Morgan fingerprint density at radius 3 is 2.17 bits per heavy atom. The first-order chi connectivity index (χ1) is 10.7. The number of sulfonamides is 1. The molecule has 2 aromatic rings. The van der Waals surface area contributed by atoms with Crippen molar-refractivity contribution < 1.29 is 22.0 Å². The average Bonchev–Trinajstić information content (AvgIpc) is 2.48. The second-order valence-corrected chi connectivity index (χ2v) is 6.66. The Bertz CT molecular complexity index is 836. The van der Waals surface area contributed by atoms with Crippen molar-refractivity contribution in [2.45, 2.75) is 0 Å². The topological polar surface area (TPSA) is 66.5 Å². The molecular formula is C15H14F2N2O3S. The van der Waals surface area contributed by atoms with E-state index in [0.717, 1.165) is 18.4 Å². The first-order valence-electron chi connectivity index (χ1n) is 6.48. The van der Waals surface area contributed by atoms with E-state index in [2.05, 4.69) is 4.72 Å². The van der Waals surface area contributed by atoms with Crippen LogP contribution in [0.25, 0.3) is 0 Å². The molecule has 0 heterocycles. The molecule has 8 heteroatoms. The zero-order valence-corrected chi connectivity index (χ0v) is 13.2. The van der Waals surface area contributed by atoms with E-state index < -0.39 is 27.6 Å². The summed E-state index contributed by atoms with van der Waals surface area (Å²) in [6.07, 6.45) is 1.03. The minimum absolute atomic E-state index is 0.00439. The number of benzene rings is 2. The Labute approximate surface area is 132 Å². The Kier molecular flexibility index (Phi) is 4.65. The summed E-state index contributed by atoms with van der Waals surface area (Å²) in [6.45, 7) is 0. The lowest BCUT2D eigenvalue weighted by Gasteiger charge is -2.18. The van der Waals surface area contributed by atoms with Gasteiger partial charge in [-0.15, -0.1) is 0 Å². The Hall–Kier alpha value is -2.48. The lowest BCUT2D eigenvalue weighted by molar-refractivity contribution is 0.0992. The molecule has 122 valence electrons. The van der Waals surface area contributed by atoms with Gasteiger partial charge >= 0.3 is 0 Å². The summed E-state index contributed by atoms with van der Waals surface area (Å²) < 4.78 is 50.7. The predicted octanol–water partition coefficient (Wildman–Crippen LogP) is 2.61. The third kappa shape index (κ3) is 4.26. The second-order valence-electron chi connectivity index (χ2n) is 4.91. The van der Waals surface area contributed by atoms with Crippen LogP contribution >= 0.6 is 0 Å². The lowest BCUT2D eigenvalue weighted by Crippen LogP contribution is -2.26. The van der Waals surface area contributed by atoms with Crippen molar-refractivity contribution in [2.75, 3.05) is 22.9 Å². The van der Waals surface area contributed by atoms with Gasteiger partial charge in [0, 0.05) is 24.0 Å². The molecule has 0 atom stereocenters. The molecule has 0 fully saturated rings. The molecule has 0 saturated heterocycles. The summed E-state index contributed by atoms with van der Waals surface area (Å²) in [4.78, 5) is 13.5. The fourth-order valence-corrected chi connectivity index (χ4v) is 2.47. The molecule has 0 bridgehead atoms. The molecule has 0 aromatic heterocycles. The van der Waals surface area contributed by atoms with Gasteiger partial charge in [-0.05, 0) is 42.5 Å². The summed E-state index contributed by atoms with van der Waals surface area (Å²) in [5.41, 5.74) is 0.827. The van der Waals surface area contributed by atoms with Crippen molar-refractivity contribution in [1.82, 2.24) is 0 Å². The number of nitrogens with zero attached hydrogens (tertiary/aromatic N) is 1. The first-order valence-corrected chi connectivity index (χ1v) is 8.37. The molecule has 0 saturated carbocycles. The van der Waals surface area contributed by atoms with Crippen molar-refractivity contribution in [3.63, 3.8) is 0 Å². The van der Waals surface area contributed by atoms with E-state index in [0.29, 0.717) is 11.4 Å². The van der Waals surface area contributed by atoms with Crippen LogP contribution in [0.4, 0.5) is 20.2 Å². The maximum atomic E-state index is 13.2. The fraction of sp³-hybridized carbons (Fsp3) is 0.133. The van der Waals surface area contributed by atoms with Crippen molar-refractivity contribution in [3.8, 4) is 0 Å². The zero-order valence-electron chi connectivity index (χ0n) is 12.4. The predicted molar refractivity (Wildman–Crippen MR) is 84.0 cm³/mol. The summed E-state index contributed by atoms with van der Waals surface area (Å²) in [7, 11) is -1.91. The van der Waals surface area contributed by atoms with E-state index in [9.17, 15) is 22.0 Å². The minimum Gasteiger partial charge on any atom is -0.311 e. The third-order valence-electron chi connectivity index (χ3n) is 3.03. The van der Waals surface area contributed by atoms with Crippen LogP contribution in [-0.2, 0) is 10.0 Å². The molecule has 0 aliphatic heterocycles. The first kappa shape index (κ1) is 16.9. The number of rotatable bonds is 4. The molecule has 2 aromatic carbocycles. The highest BCUT2D eigenvalue weighted by Crippen LogP contribution is 2.20. The molecule has 2 rings (SSSR count). The number of carbonyl (C=O) groups is 1. The molecule has 5 nitrogen and oxygen atoms in total. The van der Waals surface area contributed by atoms with Crippen LogP contribution in [0.2, 0.25) is 0 Å². The van der Waals surface area contributed by atoms with Crippen molar-refractivity contribution >= 4 is 27.3 Å². The maximum absolute atomic E-state index is 13.2. The fourth-order valence-electron chi connectivity index (χ4n) is 1.91. The van der Waals surface area contributed by atoms with Gasteiger partial charge in [-0.1, -0.05) is 0 Å². The summed E-state index contributed by atoms with van der Waals surface area (Å²) in [5, 5.41) is 0. The van der Waals surface area contributed by atoms with Crippen LogP contribution in [-0.4, -0.2) is 27.6 Å². The van der Waals surface area contributed by atoms with Gasteiger partial charge in [0.25, 0.3) is 5.91 Å². The molecule has 0 radical (unpaired) electrons. The third-order valence-corrected chi connectivity index (χ3v) is 3.64. The number of halogens is 2. The highest BCUT2D eigenvalue weighted by molar-refractivity contribution is 7.92. The van der Waals surface area contributed by atoms with Crippen LogP contribution in [0.5, 0.6) is 0 Å². The molecule has 23 heavy (non-hydrogen) atoms. The smallest absolute Gasteiger partial charge is 0.258 e. The maximum Gasteiger partial charge on any atom is 0.258 e. The van der Waals surface area contributed by atoms with E-state index in [4.69, 9.17) is 0 Å². The SMILES string of the molecule is CN(C(=O)c1ccc(F)c(F)c1)c1ccc(NS(C)(=O)=O)cc1. The minimum atomic E-state index is -3.39. The molecule has 0 unspecified atom stereocenters. The number of hydrogen-bond donors (Lipinski definition) is 1.